The van der Waals surface area contributed by atoms with Gasteiger partial charge in [-0.25, -0.2) is 0 Å². The van der Waals surface area contributed by atoms with Gasteiger partial charge in [-0.05, 0) is 46.3 Å². The molecule has 0 spiro atoms. The van der Waals surface area contributed by atoms with Gasteiger partial charge < -0.3 is 10.3 Å². The summed E-state index contributed by atoms with van der Waals surface area (Å²) in [5, 5.41) is 3.27. The molecule has 5 heteroatoms. The van der Waals surface area contributed by atoms with E-state index in [0.29, 0.717) is 4.99 Å². The van der Waals surface area contributed by atoms with Gasteiger partial charge in [-0.15, -0.1) is 11.3 Å². The number of thiocarbonyl (C=S) groups is 1. The molecule has 0 atom stereocenters. The standard InChI is InChI=1S/C14H11BrN2S2/c15-11-6-12(19-8-11)7-17-4-3-9-5-10(14(16)18)1-2-13(9)17/h1-6,8H,7H2,(H2,16,18). The smallest absolute Gasteiger partial charge is 0.104 e. The Hall–Kier alpha value is -1.17. The zero-order valence-corrected chi connectivity index (χ0v) is 13.2. The minimum Gasteiger partial charge on any atom is -0.389 e. The first-order chi connectivity index (χ1) is 9.13. The number of fused-ring (bicyclic) bond motifs is 1. The normalized spacial score (nSPS) is 11.0. The molecule has 0 aliphatic carbocycles. The molecule has 19 heavy (non-hydrogen) atoms. The van der Waals surface area contributed by atoms with Crippen molar-refractivity contribution in [2.75, 3.05) is 0 Å². The van der Waals surface area contributed by atoms with Crippen LogP contribution < -0.4 is 5.73 Å². The maximum absolute atomic E-state index is 5.66. The predicted octanol–water partition coefficient (Wildman–Crippen LogP) is 4.15. The van der Waals surface area contributed by atoms with Crippen molar-refractivity contribution in [3.63, 3.8) is 0 Å². The maximum Gasteiger partial charge on any atom is 0.104 e. The molecule has 0 bridgehead atoms. The molecular weight excluding hydrogens is 340 g/mol. The molecule has 0 aliphatic rings. The minimum absolute atomic E-state index is 0.442. The number of halogens is 1. The molecule has 2 nitrogen and oxygen atoms in total. The topological polar surface area (TPSA) is 30.9 Å². The van der Waals surface area contributed by atoms with Gasteiger partial charge in [-0.2, -0.15) is 0 Å². The lowest BCUT2D eigenvalue weighted by atomic mass is 10.1. The zero-order chi connectivity index (χ0) is 13.4. The largest absolute Gasteiger partial charge is 0.389 e. The first-order valence-corrected chi connectivity index (χ1v) is 7.83. The van der Waals surface area contributed by atoms with Gasteiger partial charge in [-0.3, -0.25) is 0 Å². The molecule has 96 valence electrons. The van der Waals surface area contributed by atoms with Gasteiger partial charge >= 0.3 is 0 Å². The molecule has 0 amide bonds. The van der Waals surface area contributed by atoms with Crippen molar-refractivity contribution in [3.05, 3.63) is 56.8 Å². The molecule has 0 fully saturated rings. The van der Waals surface area contributed by atoms with Crippen LogP contribution in [0.4, 0.5) is 0 Å². The Balaban J connectivity index is 1.99. The van der Waals surface area contributed by atoms with E-state index >= 15 is 0 Å². The first-order valence-electron chi connectivity index (χ1n) is 5.75. The maximum atomic E-state index is 5.66. The van der Waals surface area contributed by atoms with Crippen molar-refractivity contribution >= 4 is 55.4 Å². The number of benzene rings is 1. The number of aromatic nitrogens is 1. The van der Waals surface area contributed by atoms with Gasteiger partial charge in [0.2, 0.25) is 0 Å². The van der Waals surface area contributed by atoms with Crippen LogP contribution in [0.25, 0.3) is 10.9 Å². The highest BCUT2D eigenvalue weighted by Crippen LogP contribution is 2.23. The summed E-state index contributed by atoms with van der Waals surface area (Å²) in [6.45, 7) is 0.881. The zero-order valence-electron chi connectivity index (χ0n) is 9.97. The Kier molecular flexibility index (Phi) is 3.43. The van der Waals surface area contributed by atoms with Crippen molar-refractivity contribution in [1.82, 2.24) is 4.57 Å². The average Bonchev–Trinajstić information content (AvgIpc) is 2.96. The van der Waals surface area contributed by atoms with Crippen LogP contribution >= 0.6 is 39.5 Å². The highest BCUT2D eigenvalue weighted by molar-refractivity contribution is 9.10. The molecule has 0 saturated heterocycles. The summed E-state index contributed by atoms with van der Waals surface area (Å²) in [6.07, 6.45) is 2.10. The van der Waals surface area contributed by atoms with Crippen molar-refractivity contribution in [2.24, 2.45) is 5.73 Å². The van der Waals surface area contributed by atoms with E-state index in [1.807, 2.05) is 12.1 Å². The quantitative estimate of drug-likeness (QED) is 0.719. The molecule has 1 aromatic carbocycles. The number of hydrogen-bond acceptors (Lipinski definition) is 2. The van der Waals surface area contributed by atoms with E-state index in [2.05, 4.69) is 50.3 Å². The van der Waals surface area contributed by atoms with Gasteiger partial charge in [0.25, 0.3) is 0 Å². The Labute approximate surface area is 129 Å². The predicted molar refractivity (Wildman–Crippen MR) is 88.9 cm³/mol. The second kappa shape index (κ2) is 5.07. The fourth-order valence-corrected chi connectivity index (χ4v) is 3.67. The molecule has 2 N–H and O–H groups in total. The van der Waals surface area contributed by atoms with Crippen LogP contribution in [0.15, 0.2) is 46.4 Å². The monoisotopic (exact) mass is 350 g/mol. The molecule has 0 aliphatic heterocycles. The first kappa shape index (κ1) is 12.8. The van der Waals surface area contributed by atoms with Crippen molar-refractivity contribution in [1.29, 1.82) is 0 Å². The number of nitrogens with zero attached hydrogens (tertiary/aromatic N) is 1. The Morgan fingerprint density at radius 1 is 1.32 bits per heavy atom. The summed E-state index contributed by atoms with van der Waals surface area (Å²) in [6, 6.07) is 10.3. The number of hydrogen-bond donors (Lipinski definition) is 1. The second-order valence-electron chi connectivity index (χ2n) is 4.31. The summed E-state index contributed by atoms with van der Waals surface area (Å²) in [5.74, 6) is 0. The van der Waals surface area contributed by atoms with Gasteiger partial charge in [0.15, 0.2) is 0 Å². The molecule has 3 aromatic rings. The Morgan fingerprint density at radius 3 is 2.84 bits per heavy atom. The van der Waals surface area contributed by atoms with E-state index < -0.39 is 0 Å². The van der Waals surface area contributed by atoms with E-state index in [1.165, 1.54) is 15.8 Å². The third-order valence-corrected chi connectivity index (χ3v) is 4.92. The van der Waals surface area contributed by atoms with E-state index in [4.69, 9.17) is 18.0 Å². The Morgan fingerprint density at radius 2 is 2.16 bits per heavy atom. The van der Waals surface area contributed by atoms with Crippen molar-refractivity contribution in [2.45, 2.75) is 6.54 Å². The second-order valence-corrected chi connectivity index (χ2v) is 6.66. The summed E-state index contributed by atoms with van der Waals surface area (Å²) in [5.41, 5.74) is 7.77. The Bertz CT molecular complexity index is 758. The number of thiophene rings is 1. The lowest BCUT2D eigenvalue weighted by Gasteiger charge is -2.04. The average molecular weight is 351 g/mol. The molecule has 0 unspecified atom stereocenters. The SMILES string of the molecule is NC(=S)c1ccc2c(ccn2Cc2cc(Br)cs2)c1. The van der Waals surface area contributed by atoms with Crippen LogP contribution in [0.3, 0.4) is 0 Å². The van der Waals surface area contributed by atoms with Gasteiger partial charge in [0.1, 0.15) is 4.99 Å². The van der Waals surface area contributed by atoms with E-state index in [1.54, 1.807) is 11.3 Å². The van der Waals surface area contributed by atoms with Gasteiger partial charge in [0.05, 0.1) is 6.54 Å². The van der Waals surface area contributed by atoms with Gasteiger partial charge in [-0.1, -0.05) is 12.2 Å². The molecule has 3 rings (SSSR count). The van der Waals surface area contributed by atoms with Crippen LogP contribution in [0.5, 0.6) is 0 Å². The summed E-state index contributed by atoms with van der Waals surface area (Å²) >= 11 is 10.2. The van der Waals surface area contributed by atoms with E-state index in [9.17, 15) is 0 Å². The summed E-state index contributed by atoms with van der Waals surface area (Å²) < 4.78 is 3.37. The van der Waals surface area contributed by atoms with Crippen molar-refractivity contribution < 1.29 is 0 Å². The van der Waals surface area contributed by atoms with Crippen LogP contribution in [-0.2, 0) is 6.54 Å². The molecule has 2 aromatic heterocycles. The van der Waals surface area contributed by atoms with Crippen LogP contribution in [-0.4, -0.2) is 9.56 Å². The summed E-state index contributed by atoms with van der Waals surface area (Å²) in [4.78, 5) is 1.76. The molecule has 0 saturated carbocycles. The van der Waals surface area contributed by atoms with Crippen LogP contribution in [0.2, 0.25) is 0 Å². The minimum atomic E-state index is 0.442. The number of nitrogens with two attached hydrogens (primary N) is 1. The fourth-order valence-electron chi connectivity index (χ4n) is 2.10. The number of rotatable bonds is 3. The van der Waals surface area contributed by atoms with Crippen LogP contribution in [0.1, 0.15) is 10.4 Å². The molecule has 0 radical (unpaired) electrons. The van der Waals surface area contributed by atoms with E-state index in [0.717, 1.165) is 16.6 Å². The lowest BCUT2D eigenvalue weighted by Crippen LogP contribution is -2.08. The molecular formula is C14H11BrN2S2. The fraction of sp³-hybridized carbons (Fsp3) is 0.0714. The highest BCUT2D eigenvalue weighted by atomic mass is 79.9. The highest BCUT2D eigenvalue weighted by Gasteiger charge is 2.05. The van der Waals surface area contributed by atoms with E-state index in [-0.39, 0.29) is 0 Å². The molecule has 2 heterocycles. The summed E-state index contributed by atoms with van der Waals surface area (Å²) in [7, 11) is 0. The lowest BCUT2D eigenvalue weighted by molar-refractivity contribution is 0.851. The third kappa shape index (κ3) is 2.59. The van der Waals surface area contributed by atoms with Crippen molar-refractivity contribution in [3.8, 4) is 0 Å². The van der Waals surface area contributed by atoms with Crippen LogP contribution in [0, 0.1) is 0 Å². The third-order valence-electron chi connectivity index (χ3n) is 3.00. The van der Waals surface area contributed by atoms with Gasteiger partial charge in [0, 0.05) is 37.4 Å².